The molecule has 25 heavy (non-hydrogen) atoms. The fraction of sp³-hybridized carbons (Fsp3) is 0.312. The Bertz CT molecular complexity index is 901. The highest BCUT2D eigenvalue weighted by Crippen LogP contribution is 2.41. The molecule has 1 aliphatic rings. The molecular formula is C16H14N4O5. The number of ether oxygens (including phenoxy) is 1. The van der Waals surface area contributed by atoms with Crippen molar-refractivity contribution in [1.29, 1.82) is 0 Å². The summed E-state index contributed by atoms with van der Waals surface area (Å²) >= 11 is 0. The Morgan fingerprint density at radius 1 is 1.32 bits per heavy atom. The Kier molecular flexibility index (Phi) is 3.68. The molecule has 9 nitrogen and oxygen atoms in total. The first kappa shape index (κ1) is 15.3. The van der Waals surface area contributed by atoms with Crippen LogP contribution in [-0.2, 0) is 6.42 Å². The van der Waals surface area contributed by atoms with Crippen molar-refractivity contribution in [2.75, 3.05) is 7.11 Å². The number of aromatic nitrogens is 3. The van der Waals surface area contributed by atoms with Crippen molar-refractivity contribution in [3.8, 4) is 17.2 Å². The molecule has 1 saturated carbocycles. The highest BCUT2D eigenvalue weighted by molar-refractivity contribution is 5.54. The van der Waals surface area contributed by atoms with Gasteiger partial charge in [-0.05, 0) is 24.3 Å². The molecule has 0 radical (unpaired) electrons. The second kappa shape index (κ2) is 6.00. The lowest BCUT2D eigenvalue weighted by molar-refractivity contribution is -0.496. The molecule has 2 unspecified atom stereocenters. The average Bonchev–Trinajstić information content (AvgIpc) is 3.07. The van der Waals surface area contributed by atoms with E-state index in [2.05, 4.69) is 15.1 Å². The lowest BCUT2D eigenvalue weighted by Gasteiger charge is -1.99. The Hall–Kier alpha value is -3.23. The third kappa shape index (κ3) is 3.08. The summed E-state index contributed by atoms with van der Waals surface area (Å²) in [6, 6.07) is 6.75. The minimum atomic E-state index is -0.609. The lowest BCUT2D eigenvalue weighted by atomic mass is 10.2. The smallest absolute Gasteiger partial charge is 0.236 e. The number of nitrogens with zero attached hydrogens (tertiary/aromatic N) is 4. The van der Waals surface area contributed by atoms with E-state index in [0.29, 0.717) is 36.1 Å². The molecule has 0 amide bonds. The molecule has 3 aromatic rings. The number of nitro groups is 1. The quantitative estimate of drug-likeness (QED) is 0.495. The van der Waals surface area contributed by atoms with Gasteiger partial charge in [0.1, 0.15) is 17.9 Å². The minimum absolute atomic E-state index is 0.275. The number of methoxy groups -OCH3 is 1. The molecule has 2 atom stereocenters. The molecule has 4 rings (SSSR count). The fourth-order valence-corrected chi connectivity index (χ4v) is 2.59. The predicted molar refractivity (Wildman–Crippen MR) is 83.7 cm³/mol. The Morgan fingerprint density at radius 3 is 2.80 bits per heavy atom. The second-order valence-corrected chi connectivity index (χ2v) is 5.79. The summed E-state index contributed by atoms with van der Waals surface area (Å²) in [5.74, 6) is 1.71. The zero-order chi connectivity index (χ0) is 17.4. The van der Waals surface area contributed by atoms with Crippen LogP contribution in [0.25, 0.3) is 11.5 Å². The van der Waals surface area contributed by atoms with E-state index in [9.17, 15) is 10.1 Å². The molecular weight excluding hydrogens is 328 g/mol. The number of hydrogen-bond donors (Lipinski definition) is 0. The molecule has 1 aromatic carbocycles. The van der Waals surface area contributed by atoms with Gasteiger partial charge in [-0.2, -0.15) is 4.98 Å². The average molecular weight is 342 g/mol. The van der Waals surface area contributed by atoms with Crippen molar-refractivity contribution in [3.05, 3.63) is 58.1 Å². The summed E-state index contributed by atoms with van der Waals surface area (Å²) in [5, 5.41) is 14.6. The SMILES string of the molecule is COc1ccc(-c2nc(Cc3noc(C4CC4[N+](=O)[O-])n3)co2)cc1. The van der Waals surface area contributed by atoms with Gasteiger partial charge in [0.25, 0.3) is 0 Å². The summed E-state index contributed by atoms with van der Waals surface area (Å²) in [6.07, 6.45) is 2.31. The van der Waals surface area contributed by atoms with Crippen molar-refractivity contribution in [3.63, 3.8) is 0 Å². The van der Waals surface area contributed by atoms with Crippen molar-refractivity contribution < 1.29 is 18.6 Å². The third-order valence-corrected chi connectivity index (χ3v) is 4.06. The fourth-order valence-electron chi connectivity index (χ4n) is 2.59. The van der Waals surface area contributed by atoms with Gasteiger partial charge < -0.3 is 13.7 Å². The van der Waals surface area contributed by atoms with Crippen LogP contribution in [0, 0.1) is 10.1 Å². The minimum Gasteiger partial charge on any atom is -0.497 e. The topological polar surface area (TPSA) is 117 Å². The predicted octanol–water partition coefficient (Wildman–Crippen LogP) is 2.46. The molecule has 0 saturated heterocycles. The summed E-state index contributed by atoms with van der Waals surface area (Å²) in [5.41, 5.74) is 1.48. The van der Waals surface area contributed by atoms with Gasteiger partial charge in [0, 0.05) is 16.9 Å². The third-order valence-electron chi connectivity index (χ3n) is 4.06. The lowest BCUT2D eigenvalue weighted by Crippen LogP contribution is -2.03. The van der Waals surface area contributed by atoms with Gasteiger partial charge in [-0.15, -0.1) is 0 Å². The van der Waals surface area contributed by atoms with Crippen LogP contribution in [0.3, 0.4) is 0 Å². The highest BCUT2D eigenvalue weighted by Gasteiger charge is 2.53. The summed E-state index contributed by atoms with van der Waals surface area (Å²) < 4.78 is 15.7. The first-order chi connectivity index (χ1) is 12.1. The van der Waals surface area contributed by atoms with Crippen molar-refractivity contribution in [2.24, 2.45) is 0 Å². The van der Waals surface area contributed by atoms with Crippen LogP contribution < -0.4 is 4.74 Å². The zero-order valence-corrected chi connectivity index (χ0v) is 13.3. The molecule has 2 aromatic heterocycles. The van der Waals surface area contributed by atoms with Crippen LogP contribution in [0.5, 0.6) is 5.75 Å². The van der Waals surface area contributed by atoms with Gasteiger partial charge in [0.2, 0.25) is 17.8 Å². The summed E-state index contributed by atoms with van der Waals surface area (Å²) in [4.78, 5) is 19.0. The van der Waals surface area contributed by atoms with E-state index in [4.69, 9.17) is 13.7 Å². The van der Waals surface area contributed by atoms with E-state index in [1.165, 1.54) is 6.26 Å². The number of oxazole rings is 1. The standard InChI is InChI=1S/C16H14N4O5/c1-23-11-4-2-9(3-5-11)15-17-10(8-24-15)6-14-18-16(25-19-14)12-7-13(12)20(21)22/h2-5,8,12-13H,6-7H2,1H3. The normalized spacial score (nSPS) is 18.9. The van der Waals surface area contributed by atoms with Crippen LogP contribution in [0.15, 0.2) is 39.5 Å². The Morgan fingerprint density at radius 2 is 2.12 bits per heavy atom. The maximum atomic E-state index is 10.7. The largest absolute Gasteiger partial charge is 0.497 e. The summed E-state index contributed by atoms with van der Waals surface area (Å²) in [7, 11) is 1.60. The van der Waals surface area contributed by atoms with Crippen LogP contribution in [0.1, 0.15) is 29.7 Å². The van der Waals surface area contributed by atoms with Crippen molar-refractivity contribution >= 4 is 0 Å². The summed E-state index contributed by atoms with van der Waals surface area (Å²) in [6.45, 7) is 0. The van der Waals surface area contributed by atoms with Gasteiger partial charge >= 0.3 is 0 Å². The second-order valence-electron chi connectivity index (χ2n) is 5.79. The number of rotatable bonds is 6. The molecule has 9 heteroatoms. The van der Waals surface area contributed by atoms with Gasteiger partial charge in [0.15, 0.2) is 5.82 Å². The van der Waals surface area contributed by atoms with Crippen LogP contribution in [-0.4, -0.2) is 33.2 Å². The monoisotopic (exact) mass is 342 g/mol. The molecule has 0 N–H and O–H groups in total. The van der Waals surface area contributed by atoms with E-state index >= 15 is 0 Å². The zero-order valence-electron chi connectivity index (χ0n) is 13.3. The van der Waals surface area contributed by atoms with Crippen LogP contribution >= 0.6 is 0 Å². The number of benzene rings is 1. The molecule has 0 bridgehead atoms. The first-order valence-corrected chi connectivity index (χ1v) is 7.69. The van der Waals surface area contributed by atoms with E-state index in [-0.39, 0.29) is 10.8 Å². The number of hydrogen-bond acceptors (Lipinski definition) is 8. The molecule has 128 valence electrons. The van der Waals surface area contributed by atoms with Gasteiger partial charge in [-0.25, -0.2) is 4.98 Å². The Balaban J connectivity index is 1.44. The van der Waals surface area contributed by atoms with Crippen LogP contribution in [0.4, 0.5) is 0 Å². The van der Waals surface area contributed by atoms with E-state index in [0.717, 1.165) is 11.3 Å². The van der Waals surface area contributed by atoms with Gasteiger partial charge in [-0.3, -0.25) is 10.1 Å². The van der Waals surface area contributed by atoms with E-state index in [1.807, 2.05) is 24.3 Å². The molecule has 2 heterocycles. The van der Waals surface area contributed by atoms with Crippen molar-refractivity contribution in [1.82, 2.24) is 15.1 Å². The highest BCUT2D eigenvalue weighted by atomic mass is 16.6. The molecule has 0 spiro atoms. The van der Waals surface area contributed by atoms with Crippen LogP contribution in [0.2, 0.25) is 0 Å². The molecule has 1 aliphatic carbocycles. The van der Waals surface area contributed by atoms with E-state index < -0.39 is 6.04 Å². The van der Waals surface area contributed by atoms with E-state index in [1.54, 1.807) is 7.11 Å². The van der Waals surface area contributed by atoms with Gasteiger partial charge in [-0.1, -0.05) is 5.16 Å². The molecule has 0 aliphatic heterocycles. The van der Waals surface area contributed by atoms with Crippen molar-refractivity contribution in [2.45, 2.75) is 24.8 Å². The maximum absolute atomic E-state index is 10.7. The molecule has 1 fully saturated rings. The maximum Gasteiger partial charge on any atom is 0.236 e. The van der Waals surface area contributed by atoms with Gasteiger partial charge in [0.05, 0.1) is 19.2 Å². The Labute approximate surface area is 141 Å². The first-order valence-electron chi connectivity index (χ1n) is 7.69.